The molecule has 26 valence electrons. The third kappa shape index (κ3) is 11.7. The van der Waals surface area contributed by atoms with Gasteiger partial charge in [0, 0.05) is 0 Å². The summed E-state index contributed by atoms with van der Waals surface area (Å²) in [5, 5.41) is 0. The molecule has 0 radical (unpaired) electrons. The molecule has 2 nitrogen and oxygen atoms in total. The van der Waals surface area contributed by atoms with Crippen LogP contribution in [0.3, 0.4) is 0 Å². The quantitative estimate of drug-likeness (QED) is 0.273. The molecule has 0 fully saturated rings. The number of rotatable bonds is 1. The summed E-state index contributed by atoms with van der Waals surface area (Å²) >= 11 is 4.32. The summed E-state index contributed by atoms with van der Waals surface area (Å²) in [6.07, 6.45) is 0. The summed E-state index contributed by atoms with van der Waals surface area (Å²) in [6, 6.07) is 0. The van der Waals surface area contributed by atoms with E-state index in [0.717, 1.165) is 0 Å². The van der Waals surface area contributed by atoms with Crippen molar-refractivity contribution in [2.75, 3.05) is 0 Å². The number of hydrogen-bond donors (Lipinski definition) is 0. The van der Waals surface area contributed by atoms with Gasteiger partial charge in [0.2, 0.25) is 0 Å². The molecular weight excluding hydrogens is 102 g/mol. The van der Waals surface area contributed by atoms with Gasteiger partial charge in [-0.25, -0.2) is 0 Å². The van der Waals surface area contributed by atoms with E-state index in [9.17, 15) is 0 Å². The molecule has 0 aliphatic carbocycles. The van der Waals surface area contributed by atoms with Gasteiger partial charge >= 0.3 is 37.5 Å². The molecular formula is CH3ClNaO2+. The number of halogens is 1. The second-order valence-electron chi connectivity index (χ2n) is 0.185. The van der Waals surface area contributed by atoms with E-state index in [-0.39, 0.29) is 38.9 Å². The Morgan fingerprint density at radius 1 is 2.20 bits per heavy atom. The van der Waals surface area contributed by atoms with Gasteiger partial charge in [0.05, 0.1) is 0 Å². The van der Waals surface area contributed by atoms with Gasteiger partial charge in [0.25, 0.3) is 0 Å². The second kappa shape index (κ2) is 8.83. The van der Waals surface area contributed by atoms with Crippen LogP contribution in [0.25, 0.3) is 0 Å². The molecule has 0 heterocycles. The van der Waals surface area contributed by atoms with Crippen LogP contribution < -0.4 is 29.6 Å². The molecule has 0 aromatic carbocycles. The Hall–Kier alpha value is 0.760. The molecule has 4 heteroatoms. The van der Waals surface area contributed by atoms with Crippen molar-refractivity contribution in [1.82, 2.24) is 0 Å². The molecule has 0 unspecified atom stereocenters. The van der Waals surface area contributed by atoms with Crippen LogP contribution in [0.15, 0.2) is 0 Å². The molecule has 0 amide bonds. The van der Waals surface area contributed by atoms with E-state index in [1.165, 1.54) is 0 Å². The average molecular weight is 105 g/mol. The Bertz CT molecular complexity index is 29.7. The van der Waals surface area contributed by atoms with Crippen LogP contribution in [0.4, 0.5) is 0 Å². The minimum absolute atomic E-state index is 0. The van der Waals surface area contributed by atoms with Crippen LogP contribution in [0.1, 0.15) is 2.85 Å². The zero-order valence-corrected chi connectivity index (χ0v) is 5.53. The van der Waals surface area contributed by atoms with Gasteiger partial charge in [-0.3, -0.25) is 4.79 Å². The molecule has 0 saturated carbocycles. The van der Waals surface area contributed by atoms with Gasteiger partial charge < -0.3 is 5.72 Å². The number of carbonyl (C=O) groups is 1. The minimum Gasteiger partial charge on any atom is -1.00 e. The molecule has 0 N–H and O–H groups in total. The van der Waals surface area contributed by atoms with E-state index in [2.05, 4.69) is 16.2 Å². The van der Waals surface area contributed by atoms with Gasteiger partial charge in [-0.15, -0.1) is 0 Å². The number of hydrogen-bond acceptors (Lipinski definition) is 2. The van der Waals surface area contributed by atoms with Crippen molar-refractivity contribution in [2.24, 2.45) is 0 Å². The summed E-state index contributed by atoms with van der Waals surface area (Å²) in [6.45, 7) is 0.140. The molecule has 0 rings (SSSR count). The normalized spacial score (nSPS) is 4.20. The zero-order chi connectivity index (χ0) is 3.41. The van der Waals surface area contributed by atoms with E-state index in [4.69, 9.17) is 4.79 Å². The molecule has 0 atom stereocenters. The standard InChI is InChI=1S/CHClO2.Na.H/c2-4-1-3;;/h1H;;/q;+1;-1/p+1. The Labute approximate surface area is 59.9 Å². The van der Waals surface area contributed by atoms with Crippen LogP contribution in [0, 0.1) is 0 Å². The van der Waals surface area contributed by atoms with Crippen molar-refractivity contribution in [1.29, 1.82) is 0 Å². The average Bonchev–Trinajstić information content (AvgIpc) is 1.37. The van der Waals surface area contributed by atoms with Crippen LogP contribution in [-0.4, -0.2) is 6.47 Å². The predicted octanol–water partition coefficient (Wildman–Crippen LogP) is -2.46. The summed E-state index contributed by atoms with van der Waals surface area (Å²) in [4.78, 5) is 8.82. The van der Waals surface area contributed by atoms with Crippen molar-refractivity contribution in [3.05, 3.63) is 0 Å². The molecule has 0 aliphatic heterocycles. The fraction of sp³-hybridized carbons (Fsp3) is 0. The summed E-state index contributed by atoms with van der Waals surface area (Å²) in [7, 11) is 0. The van der Waals surface area contributed by atoms with Crippen molar-refractivity contribution in [3.63, 3.8) is 0 Å². The first-order chi connectivity index (χ1) is 1.91. The summed E-state index contributed by atoms with van der Waals surface area (Å²) < 4.78 is 3.33. The fourth-order valence-corrected chi connectivity index (χ4v) is 0. The molecule has 0 aromatic rings. The summed E-state index contributed by atoms with van der Waals surface area (Å²) in [5.74, 6) is 0. The van der Waals surface area contributed by atoms with Gasteiger partial charge in [-0.1, -0.05) is 0 Å². The Morgan fingerprint density at radius 2 is 2.40 bits per heavy atom. The van der Waals surface area contributed by atoms with Crippen molar-refractivity contribution < 1.29 is 41.5 Å². The van der Waals surface area contributed by atoms with Gasteiger partial charge in [-0.05, 0) is 0 Å². The van der Waals surface area contributed by atoms with Crippen LogP contribution in [0.5, 0.6) is 0 Å². The predicted molar refractivity (Wildman–Crippen MR) is 15.2 cm³/mol. The van der Waals surface area contributed by atoms with E-state index >= 15 is 0 Å². The fourth-order valence-electron chi connectivity index (χ4n) is 0. The first-order valence-corrected chi connectivity index (χ1v) is 0.934. The molecule has 5 heavy (non-hydrogen) atoms. The molecule has 0 aliphatic rings. The zero-order valence-electron chi connectivity index (χ0n) is 4.77. The molecule has 0 saturated heterocycles. The third-order valence-electron chi connectivity index (χ3n) is 0.0364. The smallest absolute Gasteiger partial charge is 1.00 e. The van der Waals surface area contributed by atoms with E-state index in [0.29, 0.717) is 0 Å². The maximum atomic E-state index is 8.82. The Kier molecular flexibility index (Phi) is 16.3. The SMILES string of the molecule is O=COCl.[H+].[H-].[Na+]. The van der Waals surface area contributed by atoms with Gasteiger partial charge in [0.15, 0.2) is 0 Å². The summed E-state index contributed by atoms with van der Waals surface area (Å²) in [5.41, 5.74) is 0. The maximum Gasteiger partial charge on any atom is 1.00 e. The Morgan fingerprint density at radius 3 is 2.40 bits per heavy atom. The van der Waals surface area contributed by atoms with Crippen molar-refractivity contribution in [2.45, 2.75) is 0 Å². The molecule has 0 spiro atoms. The largest absolute Gasteiger partial charge is 1.00 e. The minimum atomic E-state index is 0. The van der Waals surface area contributed by atoms with Crippen LogP contribution in [-0.2, 0) is 9.08 Å². The molecule has 0 aromatic heterocycles. The van der Waals surface area contributed by atoms with Gasteiger partial charge in [-0.2, -0.15) is 0 Å². The van der Waals surface area contributed by atoms with Crippen molar-refractivity contribution in [3.8, 4) is 0 Å². The van der Waals surface area contributed by atoms with Gasteiger partial charge in [0.1, 0.15) is 11.9 Å². The Balaban J connectivity index is -0.0000000150. The second-order valence-corrected chi connectivity index (χ2v) is 0.363. The van der Waals surface area contributed by atoms with E-state index in [1.807, 2.05) is 0 Å². The number of carbonyl (C=O) groups excluding carboxylic acids is 1. The first kappa shape index (κ1) is 9.23. The van der Waals surface area contributed by atoms with Crippen LogP contribution >= 0.6 is 11.9 Å². The monoisotopic (exact) mass is 105 g/mol. The first-order valence-electron chi connectivity index (χ1n) is 0.626. The topological polar surface area (TPSA) is 26.3 Å². The van der Waals surface area contributed by atoms with Crippen molar-refractivity contribution >= 4 is 18.3 Å². The maximum absolute atomic E-state index is 8.82. The van der Waals surface area contributed by atoms with Crippen LogP contribution in [0.2, 0.25) is 0 Å². The third-order valence-corrected chi connectivity index (χ3v) is 0.109. The molecule has 0 bridgehead atoms. The van der Waals surface area contributed by atoms with E-state index in [1.54, 1.807) is 0 Å². The van der Waals surface area contributed by atoms with E-state index < -0.39 is 0 Å².